The minimum atomic E-state index is -0.857. The van der Waals surface area contributed by atoms with E-state index in [1.165, 1.54) is 12.1 Å². The quantitative estimate of drug-likeness (QED) is 0.366. The fourth-order valence-electron chi connectivity index (χ4n) is 2.04. The van der Waals surface area contributed by atoms with Gasteiger partial charge in [-0.25, -0.2) is 4.79 Å². The van der Waals surface area contributed by atoms with E-state index in [1.807, 2.05) is 6.07 Å². The lowest BCUT2D eigenvalue weighted by molar-refractivity contribution is 0.127. The first kappa shape index (κ1) is 17.2. The lowest BCUT2D eigenvalue weighted by Gasteiger charge is -2.25. The number of oxime groups is 1. The van der Waals surface area contributed by atoms with Crippen molar-refractivity contribution >= 4 is 40.8 Å². The molecule has 0 spiro atoms. The molecule has 1 amide bonds. The molecular weight excluding hydrogens is 369 g/mol. The number of para-hydroxylation sites is 2. The van der Waals surface area contributed by atoms with E-state index in [4.69, 9.17) is 43.2 Å². The number of amides is 1. The van der Waals surface area contributed by atoms with Crippen molar-refractivity contribution in [3.8, 4) is 11.5 Å². The molecule has 0 unspecified atom stereocenters. The molecule has 2 aromatic carbocycles. The highest BCUT2D eigenvalue weighted by atomic mass is 35.5. The van der Waals surface area contributed by atoms with Crippen molar-refractivity contribution in [3.63, 3.8) is 0 Å². The number of ether oxygens (including phenoxy) is 2. The number of halogens is 2. The lowest BCUT2D eigenvalue weighted by Crippen LogP contribution is -2.41. The third-order valence-electron chi connectivity index (χ3n) is 3.24. The van der Waals surface area contributed by atoms with Crippen LogP contribution in [0, 0.1) is 0 Å². The zero-order chi connectivity index (χ0) is 17.8. The molecule has 0 saturated heterocycles. The fourth-order valence-corrected chi connectivity index (χ4v) is 2.50. The van der Waals surface area contributed by atoms with E-state index in [-0.39, 0.29) is 17.5 Å². The first-order chi connectivity index (χ1) is 12.0. The Morgan fingerprint density at radius 2 is 2.00 bits per heavy atom. The van der Waals surface area contributed by atoms with Gasteiger partial charge in [0.2, 0.25) is 0 Å². The molecule has 3 rings (SSSR count). The molecule has 1 heterocycles. The van der Waals surface area contributed by atoms with Crippen LogP contribution in [0.15, 0.2) is 47.6 Å². The maximum absolute atomic E-state index is 11.8. The maximum atomic E-state index is 11.8. The number of anilines is 1. The van der Waals surface area contributed by atoms with Gasteiger partial charge in [0, 0.05) is 5.02 Å². The molecule has 1 atom stereocenters. The molecule has 25 heavy (non-hydrogen) atoms. The van der Waals surface area contributed by atoms with Crippen LogP contribution < -0.4 is 20.5 Å². The third kappa shape index (κ3) is 4.26. The molecule has 130 valence electrons. The number of benzene rings is 2. The van der Waals surface area contributed by atoms with E-state index in [1.54, 1.807) is 24.3 Å². The van der Waals surface area contributed by atoms with Crippen molar-refractivity contribution in [2.24, 2.45) is 10.9 Å². The highest BCUT2D eigenvalue weighted by Gasteiger charge is 2.24. The van der Waals surface area contributed by atoms with Crippen LogP contribution in [-0.2, 0) is 4.84 Å². The van der Waals surface area contributed by atoms with Crippen molar-refractivity contribution in [3.05, 3.63) is 52.5 Å². The van der Waals surface area contributed by atoms with Gasteiger partial charge in [-0.2, -0.15) is 0 Å². The van der Waals surface area contributed by atoms with Gasteiger partial charge in [0.05, 0.1) is 10.7 Å². The van der Waals surface area contributed by atoms with Gasteiger partial charge >= 0.3 is 6.09 Å². The van der Waals surface area contributed by atoms with Crippen LogP contribution in [-0.4, -0.2) is 24.6 Å². The fraction of sp³-hybridized carbons (Fsp3) is 0.125. The Bertz CT molecular complexity index is 829. The highest BCUT2D eigenvalue weighted by Crippen LogP contribution is 2.31. The average Bonchev–Trinajstić information content (AvgIpc) is 2.61. The van der Waals surface area contributed by atoms with E-state index in [0.29, 0.717) is 22.2 Å². The molecule has 0 radical (unpaired) electrons. The molecule has 2 aromatic rings. The predicted molar refractivity (Wildman–Crippen MR) is 94.5 cm³/mol. The van der Waals surface area contributed by atoms with Crippen molar-refractivity contribution in [1.82, 2.24) is 0 Å². The SMILES string of the molecule is NC(=NOC(=O)Nc1ccc(Cl)cc1Cl)[C@@H]1COc2ccccc2O1. The maximum Gasteiger partial charge on any atom is 0.437 e. The number of amidine groups is 1. The minimum absolute atomic E-state index is 0.0353. The van der Waals surface area contributed by atoms with Crippen LogP contribution in [0.5, 0.6) is 11.5 Å². The molecule has 0 aromatic heterocycles. The monoisotopic (exact) mass is 381 g/mol. The van der Waals surface area contributed by atoms with Gasteiger partial charge in [-0.3, -0.25) is 10.2 Å². The van der Waals surface area contributed by atoms with Gasteiger partial charge in [0.15, 0.2) is 23.4 Å². The van der Waals surface area contributed by atoms with Crippen LogP contribution in [0.25, 0.3) is 0 Å². The Balaban J connectivity index is 1.59. The summed E-state index contributed by atoms with van der Waals surface area (Å²) in [5.74, 6) is 1.11. The van der Waals surface area contributed by atoms with Crippen LogP contribution in [0.4, 0.5) is 10.5 Å². The summed E-state index contributed by atoms with van der Waals surface area (Å²) in [6.07, 6.45) is -1.52. The van der Waals surface area contributed by atoms with Crippen molar-refractivity contribution < 1.29 is 19.1 Å². The van der Waals surface area contributed by atoms with Crippen molar-refractivity contribution in [1.29, 1.82) is 0 Å². The number of rotatable bonds is 3. The molecule has 1 aliphatic heterocycles. The standard InChI is InChI=1S/C16H13Cl2N3O4/c17-9-5-6-11(10(18)7-9)20-16(22)25-21-15(19)14-8-23-12-3-1-2-4-13(12)24-14/h1-7,14H,8H2,(H2,19,21)(H,20,22)/t14-/m0/s1. The Hall–Kier alpha value is -2.64. The summed E-state index contributed by atoms with van der Waals surface area (Å²) in [5, 5.41) is 6.71. The lowest BCUT2D eigenvalue weighted by atomic mass is 10.2. The van der Waals surface area contributed by atoms with E-state index < -0.39 is 12.2 Å². The van der Waals surface area contributed by atoms with Crippen LogP contribution in [0.3, 0.4) is 0 Å². The molecule has 0 bridgehead atoms. The molecule has 0 saturated carbocycles. The summed E-state index contributed by atoms with van der Waals surface area (Å²) < 4.78 is 11.2. The zero-order valence-electron chi connectivity index (χ0n) is 12.7. The third-order valence-corrected chi connectivity index (χ3v) is 3.79. The summed E-state index contributed by atoms with van der Waals surface area (Å²) >= 11 is 11.7. The molecule has 0 aliphatic carbocycles. The number of nitrogens with two attached hydrogens (primary N) is 1. The summed E-state index contributed by atoms with van der Waals surface area (Å²) in [5.41, 5.74) is 6.12. The predicted octanol–water partition coefficient (Wildman–Crippen LogP) is 3.65. The normalized spacial score (nSPS) is 16.2. The van der Waals surface area contributed by atoms with Crippen molar-refractivity contribution in [2.45, 2.75) is 6.10 Å². The Labute approximate surface area is 153 Å². The summed E-state index contributed by atoms with van der Waals surface area (Å²) in [7, 11) is 0. The van der Waals surface area contributed by atoms with E-state index in [0.717, 1.165) is 0 Å². The highest BCUT2D eigenvalue weighted by molar-refractivity contribution is 6.36. The van der Waals surface area contributed by atoms with Gasteiger partial charge in [0.1, 0.15) is 6.61 Å². The van der Waals surface area contributed by atoms with Crippen LogP contribution >= 0.6 is 23.2 Å². The topological polar surface area (TPSA) is 95.2 Å². The smallest absolute Gasteiger partial charge is 0.437 e. The van der Waals surface area contributed by atoms with Gasteiger partial charge in [0.25, 0.3) is 0 Å². The van der Waals surface area contributed by atoms with Gasteiger partial charge in [-0.15, -0.1) is 0 Å². The molecule has 0 fully saturated rings. The number of hydrogen-bond acceptors (Lipinski definition) is 5. The number of hydrogen-bond donors (Lipinski definition) is 2. The Morgan fingerprint density at radius 3 is 2.76 bits per heavy atom. The summed E-state index contributed by atoms with van der Waals surface area (Å²) in [6.45, 7) is 0.153. The van der Waals surface area contributed by atoms with E-state index >= 15 is 0 Å². The number of carbonyl (C=O) groups excluding carboxylic acids is 1. The Morgan fingerprint density at radius 1 is 1.24 bits per heavy atom. The molecule has 1 aliphatic rings. The minimum Gasteiger partial charge on any atom is -0.485 e. The van der Waals surface area contributed by atoms with Gasteiger partial charge in [-0.05, 0) is 30.3 Å². The van der Waals surface area contributed by atoms with Crippen LogP contribution in [0.1, 0.15) is 0 Å². The second kappa shape index (κ2) is 7.50. The van der Waals surface area contributed by atoms with Gasteiger partial charge < -0.3 is 15.2 Å². The number of fused-ring (bicyclic) bond motifs is 1. The number of nitrogens with one attached hydrogen (secondary N) is 1. The van der Waals surface area contributed by atoms with E-state index in [2.05, 4.69) is 10.5 Å². The summed E-state index contributed by atoms with van der Waals surface area (Å²) in [4.78, 5) is 16.5. The second-order valence-electron chi connectivity index (χ2n) is 5.01. The largest absolute Gasteiger partial charge is 0.485 e. The van der Waals surface area contributed by atoms with Crippen molar-refractivity contribution in [2.75, 3.05) is 11.9 Å². The first-order valence-corrected chi connectivity index (χ1v) is 7.93. The summed E-state index contributed by atoms with van der Waals surface area (Å²) in [6, 6.07) is 11.7. The zero-order valence-corrected chi connectivity index (χ0v) is 14.3. The van der Waals surface area contributed by atoms with E-state index in [9.17, 15) is 4.79 Å². The first-order valence-electron chi connectivity index (χ1n) is 7.18. The number of carbonyl (C=O) groups is 1. The molecule has 9 heteroatoms. The molecule has 3 N–H and O–H groups in total. The number of nitrogens with zero attached hydrogens (tertiary/aromatic N) is 1. The van der Waals surface area contributed by atoms with Gasteiger partial charge in [-0.1, -0.05) is 40.5 Å². The molecular formula is C16H13Cl2N3O4. The molecule has 7 nitrogen and oxygen atoms in total. The second-order valence-corrected chi connectivity index (χ2v) is 5.85. The Kier molecular flexibility index (Phi) is 5.16. The van der Waals surface area contributed by atoms with Crippen LogP contribution in [0.2, 0.25) is 10.0 Å². The average molecular weight is 382 g/mol.